The lowest BCUT2D eigenvalue weighted by Gasteiger charge is -2.23. The number of nitrogens with zero attached hydrogens (tertiary/aromatic N) is 2. The first-order valence-electron chi connectivity index (χ1n) is 11.4. The van der Waals surface area contributed by atoms with E-state index >= 15 is 0 Å². The van der Waals surface area contributed by atoms with Gasteiger partial charge in [-0.1, -0.05) is 30.3 Å². The monoisotopic (exact) mass is 890 g/mol. The number of hydrogen-bond acceptors (Lipinski definition) is 6. The van der Waals surface area contributed by atoms with Gasteiger partial charge in [-0.3, -0.25) is 9.88 Å². The highest BCUT2D eigenvalue weighted by Gasteiger charge is 2.07. The van der Waals surface area contributed by atoms with Gasteiger partial charge in [0.25, 0.3) is 0 Å². The summed E-state index contributed by atoms with van der Waals surface area (Å²) < 4.78 is 0. The van der Waals surface area contributed by atoms with Crippen LogP contribution in [0.25, 0.3) is 0 Å². The second-order valence-corrected chi connectivity index (χ2v) is 7.97. The Labute approximate surface area is 280 Å². The lowest BCUT2D eigenvalue weighted by atomic mass is 10.1. The van der Waals surface area contributed by atoms with Crippen LogP contribution < -0.4 is 21.3 Å². The minimum absolute atomic E-state index is 0. The second-order valence-electron chi connectivity index (χ2n) is 7.97. The molecule has 212 valence electrons. The summed E-state index contributed by atoms with van der Waals surface area (Å²) in [6, 6.07) is 15.1. The fraction of sp³-hybridized carbons (Fsp3) is 0.542. The van der Waals surface area contributed by atoms with Gasteiger partial charge in [-0.25, -0.2) is 0 Å². The third-order valence-electron chi connectivity index (χ3n) is 5.41. The van der Waals surface area contributed by atoms with Crippen molar-refractivity contribution in [2.45, 2.75) is 32.5 Å². The predicted octanol–water partition coefficient (Wildman–Crippen LogP) is 5.20. The van der Waals surface area contributed by atoms with Gasteiger partial charge < -0.3 is 21.3 Å². The number of rotatable bonds is 6. The average Bonchev–Trinajstić information content (AvgIpc) is 2.78. The van der Waals surface area contributed by atoms with Crippen LogP contribution in [0.4, 0.5) is 0 Å². The normalized spacial score (nSPS) is 15.0. The van der Waals surface area contributed by atoms with E-state index in [1.165, 1.54) is 24.0 Å². The van der Waals surface area contributed by atoms with E-state index < -0.39 is 0 Å². The Balaban J connectivity index is -0.000000853. The van der Waals surface area contributed by atoms with E-state index in [0.717, 1.165) is 77.7 Å². The Morgan fingerprint density at radius 3 is 1.89 bits per heavy atom. The third-order valence-corrected chi connectivity index (χ3v) is 5.41. The molecule has 3 rings (SSSR count). The van der Waals surface area contributed by atoms with Crippen molar-refractivity contribution in [2.75, 3.05) is 52.4 Å². The summed E-state index contributed by atoms with van der Waals surface area (Å²) in [5.41, 5.74) is 3.78. The Morgan fingerprint density at radius 2 is 1.25 bits per heavy atom. The molecule has 0 aliphatic carbocycles. The first-order valence-corrected chi connectivity index (χ1v) is 11.4. The van der Waals surface area contributed by atoms with Crippen LogP contribution in [0, 0.1) is 0 Å². The van der Waals surface area contributed by atoms with Gasteiger partial charge in [0.2, 0.25) is 0 Å². The number of nitrogens with one attached hydrogen (secondary N) is 4. The quantitative estimate of drug-likeness (QED) is 0.320. The van der Waals surface area contributed by atoms with E-state index in [2.05, 4.69) is 61.5 Å². The highest BCUT2D eigenvalue weighted by atomic mass is 79.9. The molecule has 1 aromatic carbocycles. The molecule has 1 aliphatic heterocycles. The maximum absolute atomic E-state index is 4.36. The van der Waals surface area contributed by atoms with Crippen molar-refractivity contribution in [1.82, 2.24) is 31.2 Å². The smallest absolute Gasteiger partial charge is 0.0541 e. The summed E-state index contributed by atoms with van der Waals surface area (Å²) in [5, 5.41) is 14.1. The van der Waals surface area contributed by atoms with Gasteiger partial charge in [-0.2, -0.15) is 0 Å². The van der Waals surface area contributed by atoms with Gasteiger partial charge in [0.15, 0.2) is 0 Å². The molecule has 1 saturated heterocycles. The van der Waals surface area contributed by atoms with Crippen LogP contribution in [-0.2, 0) is 19.6 Å². The molecule has 1 aromatic heterocycles. The van der Waals surface area contributed by atoms with Gasteiger partial charge in [0.1, 0.15) is 0 Å². The topological polar surface area (TPSA) is 64.2 Å². The largest absolute Gasteiger partial charge is 0.315 e. The molecule has 12 heteroatoms. The Kier molecular flexibility index (Phi) is 35.6. The molecule has 1 fully saturated rings. The lowest BCUT2D eigenvalue weighted by Crippen LogP contribution is -2.36. The first kappa shape index (κ1) is 44.1. The van der Waals surface area contributed by atoms with E-state index in [9.17, 15) is 0 Å². The van der Waals surface area contributed by atoms with Crippen molar-refractivity contribution in [3.63, 3.8) is 0 Å². The van der Waals surface area contributed by atoms with E-state index in [-0.39, 0.29) is 102 Å². The van der Waals surface area contributed by atoms with E-state index in [1.54, 1.807) is 0 Å². The maximum Gasteiger partial charge on any atom is 0.0541 e. The van der Waals surface area contributed by atoms with Crippen LogP contribution in [0.1, 0.15) is 29.7 Å². The number of hydrogen-bond donors (Lipinski definition) is 4. The summed E-state index contributed by atoms with van der Waals surface area (Å²) in [6.45, 7) is 11.4. The molecular weight excluding hydrogens is 852 g/mol. The van der Waals surface area contributed by atoms with Crippen molar-refractivity contribution in [3.05, 3.63) is 65.5 Å². The summed E-state index contributed by atoms with van der Waals surface area (Å²) in [4.78, 5) is 6.93. The second kappa shape index (κ2) is 29.0. The standard InChI is InChI=1S/C24H38N6.6BrH/c1-2-13-29-24(5-1)20-28-19-22-6-8-23(9-7-22)21-30-17-4-12-26-15-14-25-10-3-11-27-16-18-30;;;;;;/h1-2,5-9,13,25-28H,3-4,10-12,14-21H2;6*1H. The number of halogens is 6. The molecule has 0 unspecified atom stereocenters. The van der Waals surface area contributed by atoms with Crippen molar-refractivity contribution in [3.8, 4) is 0 Å². The average molecular weight is 896 g/mol. The molecule has 2 heterocycles. The molecule has 0 bridgehead atoms. The summed E-state index contributed by atoms with van der Waals surface area (Å²) in [6.07, 6.45) is 4.22. The third kappa shape index (κ3) is 20.0. The maximum atomic E-state index is 4.36. The first-order chi connectivity index (χ1) is 14.9. The van der Waals surface area contributed by atoms with Crippen LogP contribution in [0.15, 0.2) is 48.7 Å². The molecule has 1 aliphatic rings. The molecule has 36 heavy (non-hydrogen) atoms. The molecule has 0 amide bonds. The Hall–Kier alpha value is 1.05. The van der Waals surface area contributed by atoms with Gasteiger partial charge in [-0.15, -0.1) is 102 Å². The number of benzene rings is 1. The van der Waals surface area contributed by atoms with Crippen molar-refractivity contribution >= 4 is 102 Å². The highest BCUT2D eigenvalue weighted by molar-refractivity contribution is 8.93. The molecule has 0 radical (unpaired) electrons. The molecule has 0 atom stereocenters. The lowest BCUT2D eigenvalue weighted by molar-refractivity contribution is 0.260. The number of pyridine rings is 1. The highest BCUT2D eigenvalue weighted by Crippen LogP contribution is 2.08. The van der Waals surface area contributed by atoms with Gasteiger partial charge in [-0.05, 0) is 62.3 Å². The van der Waals surface area contributed by atoms with Gasteiger partial charge in [0, 0.05) is 52.0 Å². The fourth-order valence-electron chi connectivity index (χ4n) is 3.68. The van der Waals surface area contributed by atoms with Crippen LogP contribution >= 0.6 is 102 Å². The van der Waals surface area contributed by atoms with Crippen LogP contribution in [0.5, 0.6) is 0 Å². The van der Waals surface area contributed by atoms with Gasteiger partial charge >= 0.3 is 0 Å². The van der Waals surface area contributed by atoms with Crippen molar-refractivity contribution in [1.29, 1.82) is 0 Å². The fourth-order valence-corrected chi connectivity index (χ4v) is 3.68. The molecule has 4 N–H and O–H groups in total. The van der Waals surface area contributed by atoms with Crippen molar-refractivity contribution in [2.24, 2.45) is 0 Å². The van der Waals surface area contributed by atoms with E-state index in [0.29, 0.717) is 0 Å². The zero-order chi connectivity index (χ0) is 20.7. The van der Waals surface area contributed by atoms with Gasteiger partial charge in [0.05, 0.1) is 5.69 Å². The minimum atomic E-state index is 0. The van der Waals surface area contributed by atoms with E-state index in [4.69, 9.17) is 0 Å². The van der Waals surface area contributed by atoms with Crippen LogP contribution in [-0.4, -0.2) is 62.2 Å². The van der Waals surface area contributed by atoms with Crippen molar-refractivity contribution < 1.29 is 0 Å². The minimum Gasteiger partial charge on any atom is -0.315 e. The summed E-state index contributed by atoms with van der Waals surface area (Å²) >= 11 is 0. The van der Waals surface area contributed by atoms with Crippen LogP contribution in [0.3, 0.4) is 0 Å². The van der Waals surface area contributed by atoms with Crippen LogP contribution in [0.2, 0.25) is 0 Å². The Morgan fingerprint density at radius 1 is 0.639 bits per heavy atom. The SMILES string of the molecule is Br.Br.Br.Br.Br.Br.c1ccc(CNCc2ccc(CN3CCCNCCNCCCNCC3)cc2)nc1. The predicted molar refractivity (Wildman–Crippen MR) is 186 cm³/mol. The molecule has 0 saturated carbocycles. The Bertz CT molecular complexity index is 685. The number of aromatic nitrogens is 1. The molecule has 6 nitrogen and oxygen atoms in total. The van der Waals surface area contributed by atoms with E-state index in [1.807, 2.05) is 18.3 Å². The molecule has 2 aromatic rings. The summed E-state index contributed by atoms with van der Waals surface area (Å²) in [5.74, 6) is 0. The molecule has 0 spiro atoms. The molecular formula is C24H44Br6N6. The zero-order valence-electron chi connectivity index (χ0n) is 20.7. The zero-order valence-corrected chi connectivity index (χ0v) is 30.9. The summed E-state index contributed by atoms with van der Waals surface area (Å²) in [7, 11) is 0.